The number of rotatable bonds is 2. The van der Waals surface area contributed by atoms with Gasteiger partial charge >= 0.3 is 0 Å². The molecule has 3 nitrogen and oxygen atoms in total. The van der Waals surface area contributed by atoms with Crippen LogP contribution < -0.4 is 0 Å². The minimum Gasteiger partial charge on any atom is -0.451 e. The Morgan fingerprint density at radius 2 is 2.00 bits per heavy atom. The van der Waals surface area contributed by atoms with Crippen molar-refractivity contribution in [3.05, 3.63) is 48.0 Å². The van der Waals surface area contributed by atoms with E-state index in [1.807, 2.05) is 4.90 Å². The highest BCUT2D eigenvalue weighted by molar-refractivity contribution is 5.92. The summed E-state index contributed by atoms with van der Waals surface area (Å²) in [6.45, 7) is 3.73. The number of nitrogens with zero attached hydrogens (tertiary/aromatic N) is 1. The van der Waals surface area contributed by atoms with Crippen LogP contribution in [-0.2, 0) is 0 Å². The second-order valence-electron chi connectivity index (χ2n) is 5.67. The van der Waals surface area contributed by atoms with Crippen LogP contribution in [0.4, 0.5) is 4.39 Å². The van der Waals surface area contributed by atoms with E-state index in [-0.39, 0.29) is 11.7 Å². The molecular formula is C17H18FNO2. The van der Waals surface area contributed by atoms with Gasteiger partial charge < -0.3 is 9.32 Å². The summed E-state index contributed by atoms with van der Waals surface area (Å²) in [7, 11) is 0. The smallest absolute Gasteiger partial charge is 0.289 e. The number of carbonyl (C=O) groups is 1. The van der Waals surface area contributed by atoms with Crippen LogP contribution in [0.3, 0.4) is 0 Å². The lowest BCUT2D eigenvalue weighted by Crippen LogP contribution is -2.38. The number of furan rings is 1. The van der Waals surface area contributed by atoms with Crippen LogP contribution in [-0.4, -0.2) is 23.9 Å². The second kappa shape index (κ2) is 5.72. The lowest BCUT2D eigenvalue weighted by molar-refractivity contribution is 0.0652. The van der Waals surface area contributed by atoms with Crippen molar-refractivity contribution in [3.8, 4) is 11.3 Å². The van der Waals surface area contributed by atoms with Crippen LogP contribution >= 0.6 is 0 Å². The van der Waals surface area contributed by atoms with Crippen LogP contribution in [0.5, 0.6) is 0 Å². The van der Waals surface area contributed by atoms with E-state index >= 15 is 0 Å². The average Bonchev–Trinajstić information content (AvgIpc) is 2.97. The van der Waals surface area contributed by atoms with Gasteiger partial charge in [0.1, 0.15) is 11.6 Å². The summed E-state index contributed by atoms with van der Waals surface area (Å²) in [5, 5.41) is 0. The van der Waals surface area contributed by atoms with Crippen LogP contribution in [0.2, 0.25) is 0 Å². The van der Waals surface area contributed by atoms with E-state index in [0.29, 0.717) is 17.4 Å². The molecule has 3 rings (SSSR count). The van der Waals surface area contributed by atoms with Gasteiger partial charge in [0.05, 0.1) is 0 Å². The normalized spacial score (nSPS) is 18.8. The summed E-state index contributed by atoms with van der Waals surface area (Å²) in [6, 6.07) is 9.50. The molecule has 1 aliphatic rings. The molecule has 0 aliphatic carbocycles. The largest absolute Gasteiger partial charge is 0.451 e. The van der Waals surface area contributed by atoms with Crippen molar-refractivity contribution < 1.29 is 13.6 Å². The molecule has 0 saturated carbocycles. The van der Waals surface area contributed by atoms with Gasteiger partial charge in [0.25, 0.3) is 5.91 Å². The Labute approximate surface area is 123 Å². The molecule has 2 aromatic rings. The topological polar surface area (TPSA) is 33.5 Å². The van der Waals surface area contributed by atoms with E-state index in [2.05, 4.69) is 6.92 Å². The standard InChI is InChI=1S/C17H18FNO2/c1-12-3-2-10-19(11-12)17(20)16-9-8-15(21-16)13-4-6-14(18)7-5-13/h4-9,12H,2-3,10-11H2,1H3. The molecule has 21 heavy (non-hydrogen) atoms. The Morgan fingerprint density at radius 1 is 1.24 bits per heavy atom. The highest BCUT2D eigenvalue weighted by Crippen LogP contribution is 2.24. The quantitative estimate of drug-likeness (QED) is 0.837. The van der Waals surface area contributed by atoms with Gasteiger partial charge in [0, 0.05) is 18.7 Å². The predicted molar refractivity (Wildman–Crippen MR) is 78.4 cm³/mol. The van der Waals surface area contributed by atoms with Crippen LogP contribution in [0, 0.1) is 11.7 Å². The zero-order chi connectivity index (χ0) is 14.8. The first-order valence-corrected chi connectivity index (χ1v) is 7.28. The Morgan fingerprint density at radius 3 is 2.71 bits per heavy atom. The molecule has 0 bridgehead atoms. The van der Waals surface area contributed by atoms with E-state index in [1.165, 1.54) is 18.6 Å². The molecule has 1 aliphatic heterocycles. The van der Waals surface area contributed by atoms with E-state index in [4.69, 9.17) is 4.42 Å². The summed E-state index contributed by atoms with van der Waals surface area (Å²) in [5.74, 6) is 1.12. The first-order chi connectivity index (χ1) is 10.1. The molecule has 0 radical (unpaired) electrons. The predicted octanol–water partition coefficient (Wildman–Crippen LogP) is 3.96. The fourth-order valence-electron chi connectivity index (χ4n) is 2.75. The number of amides is 1. The van der Waals surface area contributed by atoms with Gasteiger partial charge in [0.2, 0.25) is 0 Å². The number of halogens is 1. The Kier molecular flexibility index (Phi) is 3.78. The van der Waals surface area contributed by atoms with Crippen LogP contribution in [0.25, 0.3) is 11.3 Å². The SMILES string of the molecule is CC1CCCN(C(=O)c2ccc(-c3ccc(F)cc3)o2)C1. The lowest BCUT2D eigenvalue weighted by atomic mass is 10.0. The molecule has 1 saturated heterocycles. The van der Waals surface area contributed by atoms with Gasteiger partial charge in [-0.05, 0) is 55.2 Å². The molecule has 1 atom stereocenters. The van der Waals surface area contributed by atoms with E-state index in [1.54, 1.807) is 24.3 Å². The van der Waals surface area contributed by atoms with Crippen molar-refractivity contribution in [1.29, 1.82) is 0 Å². The fourth-order valence-corrected chi connectivity index (χ4v) is 2.75. The molecule has 2 heterocycles. The molecular weight excluding hydrogens is 269 g/mol. The zero-order valence-electron chi connectivity index (χ0n) is 12.0. The summed E-state index contributed by atoms with van der Waals surface area (Å²) < 4.78 is 18.6. The maximum absolute atomic E-state index is 12.9. The molecule has 1 aromatic heterocycles. The molecule has 0 spiro atoms. The monoisotopic (exact) mass is 287 g/mol. The third kappa shape index (κ3) is 2.99. The first-order valence-electron chi connectivity index (χ1n) is 7.28. The summed E-state index contributed by atoms with van der Waals surface area (Å²) >= 11 is 0. The van der Waals surface area contributed by atoms with Crippen molar-refractivity contribution in [3.63, 3.8) is 0 Å². The Bertz CT molecular complexity index is 632. The highest BCUT2D eigenvalue weighted by atomic mass is 19.1. The third-order valence-electron chi connectivity index (χ3n) is 3.89. The fraction of sp³-hybridized carbons (Fsp3) is 0.353. The maximum Gasteiger partial charge on any atom is 0.289 e. The molecule has 0 N–H and O–H groups in total. The minimum atomic E-state index is -0.288. The van der Waals surface area contributed by atoms with Gasteiger partial charge in [0.15, 0.2) is 5.76 Å². The van der Waals surface area contributed by atoms with E-state index in [9.17, 15) is 9.18 Å². The van der Waals surface area contributed by atoms with Gasteiger partial charge in [-0.1, -0.05) is 6.92 Å². The summed E-state index contributed by atoms with van der Waals surface area (Å²) in [6.07, 6.45) is 2.21. The Balaban J connectivity index is 1.78. The molecule has 1 aromatic carbocycles. The van der Waals surface area contributed by atoms with Gasteiger partial charge in [-0.25, -0.2) is 4.39 Å². The van der Waals surface area contributed by atoms with Crippen molar-refractivity contribution >= 4 is 5.91 Å². The number of piperidine rings is 1. The summed E-state index contributed by atoms with van der Waals surface area (Å²) in [5.41, 5.74) is 0.766. The first kappa shape index (κ1) is 13.9. The van der Waals surface area contributed by atoms with Gasteiger partial charge in [-0.15, -0.1) is 0 Å². The average molecular weight is 287 g/mol. The van der Waals surface area contributed by atoms with Crippen molar-refractivity contribution in [2.75, 3.05) is 13.1 Å². The highest BCUT2D eigenvalue weighted by Gasteiger charge is 2.24. The molecule has 1 amide bonds. The van der Waals surface area contributed by atoms with Crippen molar-refractivity contribution in [1.82, 2.24) is 4.90 Å². The molecule has 1 unspecified atom stereocenters. The number of hydrogen-bond acceptors (Lipinski definition) is 2. The maximum atomic E-state index is 12.9. The van der Waals surface area contributed by atoms with Gasteiger partial charge in [-0.2, -0.15) is 0 Å². The van der Waals surface area contributed by atoms with E-state index < -0.39 is 0 Å². The lowest BCUT2D eigenvalue weighted by Gasteiger charge is -2.30. The zero-order valence-corrected chi connectivity index (χ0v) is 12.0. The van der Waals surface area contributed by atoms with Crippen molar-refractivity contribution in [2.45, 2.75) is 19.8 Å². The van der Waals surface area contributed by atoms with Crippen LogP contribution in [0.15, 0.2) is 40.8 Å². The second-order valence-corrected chi connectivity index (χ2v) is 5.67. The number of benzene rings is 1. The van der Waals surface area contributed by atoms with E-state index in [0.717, 1.165) is 25.1 Å². The molecule has 4 heteroatoms. The number of likely N-dealkylation sites (tertiary alicyclic amines) is 1. The third-order valence-corrected chi connectivity index (χ3v) is 3.89. The minimum absolute atomic E-state index is 0.0603. The summed E-state index contributed by atoms with van der Waals surface area (Å²) in [4.78, 5) is 14.3. The number of hydrogen-bond donors (Lipinski definition) is 0. The van der Waals surface area contributed by atoms with Gasteiger partial charge in [-0.3, -0.25) is 4.79 Å². The molecule has 1 fully saturated rings. The Hall–Kier alpha value is -2.10. The molecule has 110 valence electrons. The van der Waals surface area contributed by atoms with Crippen molar-refractivity contribution in [2.24, 2.45) is 5.92 Å². The number of carbonyl (C=O) groups excluding carboxylic acids is 1. The van der Waals surface area contributed by atoms with Crippen LogP contribution in [0.1, 0.15) is 30.3 Å².